The van der Waals surface area contributed by atoms with Crippen molar-refractivity contribution in [3.8, 4) is 17.2 Å². The molecular weight excluding hydrogens is 536 g/mol. The largest absolute Gasteiger partial charge is 0.487 e. The number of hydrogen-bond acceptors (Lipinski definition) is 8. The minimum Gasteiger partial charge on any atom is -0.487 e. The highest BCUT2D eigenvalue weighted by molar-refractivity contribution is 5.91. The number of rotatable bonds is 18. The summed E-state index contributed by atoms with van der Waals surface area (Å²) in [6.45, 7) is 11.5. The SMILES string of the molecule is C=CC(=O)OC(CCCCC)Oc1ccc(OC(=O)c2ccc(OC(CCCCCC)C3CC(=C)C(=O)O3)cc2)cc1. The first kappa shape index (κ1) is 32.4. The second-order valence-electron chi connectivity index (χ2n) is 10.3. The Morgan fingerprint density at radius 2 is 1.48 bits per heavy atom. The van der Waals surface area contributed by atoms with E-state index in [4.69, 9.17) is 23.7 Å². The highest BCUT2D eigenvalue weighted by Gasteiger charge is 2.35. The smallest absolute Gasteiger partial charge is 0.343 e. The van der Waals surface area contributed by atoms with Gasteiger partial charge in [0.1, 0.15) is 29.5 Å². The second-order valence-corrected chi connectivity index (χ2v) is 10.3. The molecule has 226 valence electrons. The maximum absolute atomic E-state index is 12.8. The summed E-state index contributed by atoms with van der Waals surface area (Å²) in [6, 6.07) is 13.2. The van der Waals surface area contributed by atoms with Crippen molar-refractivity contribution in [1.29, 1.82) is 0 Å². The van der Waals surface area contributed by atoms with E-state index in [2.05, 4.69) is 27.0 Å². The van der Waals surface area contributed by atoms with Crippen LogP contribution in [0, 0.1) is 0 Å². The molecular formula is C34H42O8. The van der Waals surface area contributed by atoms with Crippen LogP contribution in [0.15, 0.2) is 73.3 Å². The molecule has 0 spiro atoms. The maximum Gasteiger partial charge on any atom is 0.343 e. The van der Waals surface area contributed by atoms with E-state index in [0.29, 0.717) is 41.2 Å². The van der Waals surface area contributed by atoms with Crippen LogP contribution in [-0.2, 0) is 19.1 Å². The van der Waals surface area contributed by atoms with Crippen molar-refractivity contribution < 1.29 is 38.1 Å². The van der Waals surface area contributed by atoms with Gasteiger partial charge >= 0.3 is 17.9 Å². The first-order valence-electron chi connectivity index (χ1n) is 14.8. The Hall–Kier alpha value is -4.07. The molecule has 0 bridgehead atoms. The summed E-state index contributed by atoms with van der Waals surface area (Å²) in [4.78, 5) is 36.3. The number of ether oxygens (including phenoxy) is 5. The predicted octanol–water partition coefficient (Wildman–Crippen LogP) is 7.51. The predicted molar refractivity (Wildman–Crippen MR) is 160 cm³/mol. The zero-order valence-electron chi connectivity index (χ0n) is 24.7. The van der Waals surface area contributed by atoms with Crippen molar-refractivity contribution in [2.75, 3.05) is 0 Å². The zero-order chi connectivity index (χ0) is 30.3. The molecule has 3 rings (SSSR count). The van der Waals surface area contributed by atoms with Crippen molar-refractivity contribution in [3.05, 3.63) is 78.9 Å². The van der Waals surface area contributed by atoms with E-state index in [9.17, 15) is 14.4 Å². The van der Waals surface area contributed by atoms with E-state index in [-0.39, 0.29) is 18.2 Å². The van der Waals surface area contributed by atoms with Gasteiger partial charge in [0.2, 0.25) is 6.29 Å². The third-order valence-corrected chi connectivity index (χ3v) is 6.89. The second kappa shape index (κ2) is 17.0. The Bertz CT molecular complexity index is 1170. The quantitative estimate of drug-likeness (QED) is 0.0589. The Morgan fingerprint density at radius 3 is 2.10 bits per heavy atom. The van der Waals surface area contributed by atoms with E-state index < -0.39 is 18.2 Å². The van der Waals surface area contributed by atoms with Crippen LogP contribution in [0.1, 0.15) is 88.4 Å². The van der Waals surface area contributed by atoms with Crippen LogP contribution in [0.2, 0.25) is 0 Å². The number of benzene rings is 2. The summed E-state index contributed by atoms with van der Waals surface area (Å²) >= 11 is 0. The number of hydrogen-bond donors (Lipinski definition) is 0. The first-order valence-corrected chi connectivity index (χ1v) is 14.8. The summed E-state index contributed by atoms with van der Waals surface area (Å²) in [7, 11) is 0. The molecule has 1 saturated heterocycles. The van der Waals surface area contributed by atoms with Crippen LogP contribution in [-0.4, -0.2) is 36.4 Å². The van der Waals surface area contributed by atoms with E-state index >= 15 is 0 Å². The molecule has 0 N–H and O–H groups in total. The number of carbonyl (C=O) groups is 3. The van der Waals surface area contributed by atoms with Gasteiger partial charge in [0.05, 0.1) is 5.56 Å². The van der Waals surface area contributed by atoms with E-state index in [0.717, 1.165) is 57.4 Å². The van der Waals surface area contributed by atoms with Crippen LogP contribution >= 0.6 is 0 Å². The summed E-state index contributed by atoms with van der Waals surface area (Å²) in [5, 5.41) is 0. The van der Waals surface area contributed by atoms with Gasteiger partial charge in [-0.05, 0) is 67.8 Å². The third-order valence-electron chi connectivity index (χ3n) is 6.89. The lowest BCUT2D eigenvalue weighted by molar-refractivity contribution is -0.158. The minimum absolute atomic E-state index is 0.296. The topological polar surface area (TPSA) is 97.4 Å². The lowest BCUT2D eigenvalue weighted by atomic mass is 10.0. The molecule has 2 aromatic rings. The van der Waals surface area contributed by atoms with E-state index in [1.807, 2.05) is 0 Å². The van der Waals surface area contributed by atoms with Crippen molar-refractivity contribution in [1.82, 2.24) is 0 Å². The summed E-state index contributed by atoms with van der Waals surface area (Å²) in [5.41, 5.74) is 0.818. The van der Waals surface area contributed by atoms with Gasteiger partial charge in [-0.1, -0.05) is 59.1 Å². The standard InChI is InChI=1S/C34H42O8/c1-5-8-10-12-13-29(30-23-24(4)33(36)41-30)38-26-17-15-25(16-18-26)34(37)40-28-21-19-27(20-22-28)39-32(14-11-9-6-2)42-31(35)7-3/h7,15-22,29-30,32H,3-6,8-14,23H2,1-2H3. The van der Waals surface area contributed by atoms with Crippen LogP contribution in [0.25, 0.3) is 0 Å². The van der Waals surface area contributed by atoms with Gasteiger partial charge in [-0.2, -0.15) is 0 Å². The molecule has 0 aromatic heterocycles. The van der Waals surface area contributed by atoms with Gasteiger partial charge in [-0.25, -0.2) is 14.4 Å². The number of unbranched alkanes of at least 4 members (excludes halogenated alkanes) is 5. The van der Waals surface area contributed by atoms with Crippen molar-refractivity contribution in [2.45, 2.75) is 96.6 Å². The highest BCUT2D eigenvalue weighted by Crippen LogP contribution is 2.28. The first-order chi connectivity index (χ1) is 20.3. The molecule has 3 unspecified atom stereocenters. The van der Waals surface area contributed by atoms with Crippen molar-refractivity contribution >= 4 is 17.9 Å². The molecule has 3 atom stereocenters. The summed E-state index contributed by atoms with van der Waals surface area (Å²) < 4.78 is 28.4. The lowest BCUT2D eigenvalue weighted by Gasteiger charge is -2.24. The molecule has 1 aliphatic rings. The van der Waals surface area contributed by atoms with Crippen LogP contribution < -0.4 is 14.2 Å². The molecule has 2 aromatic carbocycles. The number of carbonyl (C=O) groups excluding carboxylic acids is 3. The Balaban J connectivity index is 1.57. The Morgan fingerprint density at radius 1 is 0.881 bits per heavy atom. The van der Waals surface area contributed by atoms with Gasteiger partial charge < -0.3 is 23.7 Å². The minimum atomic E-state index is -0.730. The van der Waals surface area contributed by atoms with Crippen molar-refractivity contribution in [3.63, 3.8) is 0 Å². The normalized spacial score (nSPS) is 15.8. The Labute approximate surface area is 248 Å². The molecule has 0 radical (unpaired) electrons. The fourth-order valence-electron chi connectivity index (χ4n) is 4.52. The summed E-state index contributed by atoms with van der Waals surface area (Å²) in [5.74, 6) is -0.0433. The van der Waals surface area contributed by atoms with Gasteiger partial charge in [0, 0.05) is 24.5 Å². The van der Waals surface area contributed by atoms with E-state index in [1.54, 1.807) is 48.5 Å². The van der Waals surface area contributed by atoms with Gasteiger partial charge in [0.25, 0.3) is 0 Å². The van der Waals surface area contributed by atoms with Gasteiger partial charge in [-0.3, -0.25) is 0 Å². The highest BCUT2D eigenvalue weighted by atomic mass is 16.7. The summed E-state index contributed by atoms with van der Waals surface area (Å²) in [6.07, 6.45) is 8.67. The number of esters is 3. The van der Waals surface area contributed by atoms with Crippen LogP contribution in [0.4, 0.5) is 0 Å². The zero-order valence-corrected chi connectivity index (χ0v) is 24.7. The molecule has 0 aliphatic carbocycles. The van der Waals surface area contributed by atoms with Crippen LogP contribution in [0.3, 0.4) is 0 Å². The molecule has 8 heteroatoms. The molecule has 1 fully saturated rings. The molecule has 0 saturated carbocycles. The molecule has 8 nitrogen and oxygen atoms in total. The lowest BCUT2D eigenvalue weighted by Crippen LogP contribution is -2.31. The van der Waals surface area contributed by atoms with E-state index in [1.165, 1.54) is 0 Å². The monoisotopic (exact) mass is 578 g/mol. The molecule has 1 aliphatic heterocycles. The molecule has 1 heterocycles. The third kappa shape index (κ3) is 10.4. The molecule has 42 heavy (non-hydrogen) atoms. The number of cyclic esters (lactones) is 1. The molecule has 0 amide bonds. The average molecular weight is 579 g/mol. The Kier molecular flexibility index (Phi) is 13.1. The maximum atomic E-state index is 12.8. The average Bonchev–Trinajstić information content (AvgIpc) is 3.33. The van der Waals surface area contributed by atoms with Crippen LogP contribution in [0.5, 0.6) is 17.2 Å². The fraction of sp³-hybridized carbons (Fsp3) is 0.441. The van der Waals surface area contributed by atoms with Gasteiger partial charge in [0.15, 0.2) is 0 Å². The fourth-order valence-corrected chi connectivity index (χ4v) is 4.52. The van der Waals surface area contributed by atoms with Crippen molar-refractivity contribution in [2.24, 2.45) is 0 Å². The van der Waals surface area contributed by atoms with Gasteiger partial charge in [-0.15, -0.1) is 0 Å².